The predicted octanol–water partition coefficient (Wildman–Crippen LogP) is 3.58. The van der Waals surface area contributed by atoms with E-state index in [1.807, 2.05) is 20.8 Å². The van der Waals surface area contributed by atoms with Crippen LogP contribution < -0.4 is 16.0 Å². The van der Waals surface area contributed by atoms with Crippen molar-refractivity contribution in [1.82, 2.24) is 20.9 Å². The average molecular weight is 499 g/mol. The first-order chi connectivity index (χ1) is 17.1. The summed E-state index contributed by atoms with van der Waals surface area (Å²) in [6.45, 7) is 14.2. The first-order valence-electron chi connectivity index (χ1n) is 13.9. The van der Waals surface area contributed by atoms with Crippen LogP contribution in [0, 0.1) is 23.7 Å². The number of benzene rings is 1. The van der Waals surface area contributed by atoms with Crippen molar-refractivity contribution in [2.45, 2.75) is 77.5 Å². The number of piperidine rings is 2. The average Bonchev–Trinajstić information content (AvgIpc) is 3.05. The molecule has 1 aliphatic carbocycles. The molecule has 2 amide bonds. The molecule has 1 aromatic rings. The second-order valence-electron chi connectivity index (χ2n) is 12.5. The molecule has 4 fully saturated rings. The lowest BCUT2D eigenvalue weighted by molar-refractivity contribution is -0.138. The Morgan fingerprint density at radius 1 is 1.14 bits per heavy atom. The molecular weight excluding hydrogens is 452 g/mol. The molecule has 3 N–H and O–H groups in total. The number of alkyl carbamates (subject to hydrolysis) is 1. The Labute approximate surface area is 217 Å². The van der Waals surface area contributed by atoms with Gasteiger partial charge in [-0.3, -0.25) is 9.69 Å². The molecule has 5 atom stereocenters. The minimum absolute atomic E-state index is 0.167. The van der Waals surface area contributed by atoms with Crippen LogP contribution in [0.2, 0.25) is 0 Å². The maximum atomic E-state index is 13.9. The number of unbranched alkanes of at least 4 members (excludes halogenated alkanes) is 1. The summed E-state index contributed by atoms with van der Waals surface area (Å²) >= 11 is 0. The lowest BCUT2D eigenvalue weighted by Gasteiger charge is -2.56. The fourth-order valence-electron chi connectivity index (χ4n) is 6.85. The fourth-order valence-corrected chi connectivity index (χ4v) is 6.85. The molecule has 200 valence electrons. The third kappa shape index (κ3) is 5.88. The second kappa shape index (κ2) is 11.1. The van der Waals surface area contributed by atoms with Crippen LogP contribution in [-0.2, 0) is 16.0 Å². The quantitative estimate of drug-likeness (QED) is 0.430. The van der Waals surface area contributed by atoms with E-state index in [0.717, 1.165) is 45.3 Å². The van der Waals surface area contributed by atoms with E-state index in [1.54, 1.807) is 0 Å². The van der Waals surface area contributed by atoms with Gasteiger partial charge in [0.25, 0.3) is 0 Å². The molecule has 7 nitrogen and oxygen atoms in total. The fraction of sp³-hybridized carbons (Fsp3) is 0.724. The van der Waals surface area contributed by atoms with E-state index in [0.29, 0.717) is 36.8 Å². The molecule has 0 radical (unpaired) electrons. The number of hydrogen-bond donors (Lipinski definition) is 3. The molecular formula is C29H46N4O3. The Kier molecular flexibility index (Phi) is 8.30. The summed E-state index contributed by atoms with van der Waals surface area (Å²) in [5.74, 6) is 2.19. The summed E-state index contributed by atoms with van der Waals surface area (Å²) < 4.78 is 5.28. The normalized spacial score (nSPS) is 29.4. The molecule has 0 unspecified atom stereocenters. The minimum atomic E-state index is -0.502. The first-order valence-corrected chi connectivity index (χ1v) is 13.9. The number of carbonyl (C=O) groups is 2. The van der Waals surface area contributed by atoms with Crippen LogP contribution in [0.25, 0.3) is 0 Å². The summed E-state index contributed by atoms with van der Waals surface area (Å²) in [6.07, 6.45) is 3.39. The van der Waals surface area contributed by atoms with Gasteiger partial charge in [0.15, 0.2) is 0 Å². The largest absolute Gasteiger partial charge is 0.444 e. The standard InChI is InChI=1S/C29H46N4O3/c1-20(2)18-33-19-23-16-22-17-32-29(23,25(33)24(22)15-21-11-7-6-8-12-21)26(34)30-13-9-10-14-31-27(35)36-28(3,4)5/h6-8,11-12,20,22-25,32H,9-10,13-19H2,1-5H3,(H,30,34)(H,31,35)/t22-,23-,24+,25-,29-/m0/s1. The van der Waals surface area contributed by atoms with Gasteiger partial charge in [0, 0.05) is 38.1 Å². The Morgan fingerprint density at radius 3 is 2.50 bits per heavy atom. The second-order valence-corrected chi connectivity index (χ2v) is 12.5. The number of rotatable bonds is 10. The van der Waals surface area contributed by atoms with E-state index in [9.17, 15) is 9.59 Å². The van der Waals surface area contributed by atoms with Crippen LogP contribution >= 0.6 is 0 Å². The number of fused-ring (bicyclic) bond motifs is 1. The van der Waals surface area contributed by atoms with Crippen molar-refractivity contribution in [3.63, 3.8) is 0 Å². The third-order valence-electron chi connectivity index (χ3n) is 8.06. The van der Waals surface area contributed by atoms with E-state index in [1.165, 1.54) is 5.56 Å². The predicted molar refractivity (Wildman–Crippen MR) is 143 cm³/mol. The minimum Gasteiger partial charge on any atom is -0.444 e. The van der Waals surface area contributed by atoms with Crippen molar-refractivity contribution in [2.75, 3.05) is 32.7 Å². The van der Waals surface area contributed by atoms with Gasteiger partial charge in [0.2, 0.25) is 5.91 Å². The summed E-state index contributed by atoms with van der Waals surface area (Å²) in [5.41, 5.74) is 0.374. The van der Waals surface area contributed by atoms with Crippen LogP contribution in [0.5, 0.6) is 0 Å². The van der Waals surface area contributed by atoms with Crippen LogP contribution in [0.15, 0.2) is 30.3 Å². The Hall–Kier alpha value is -2.12. The lowest BCUT2D eigenvalue weighted by atomic mass is 9.58. The number of carbonyl (C=O) groups excluding carboxylic acids is 2. The van der Waals surface area contributed by atoms with Gasteiger partial charge >= 0.3 is 6.09 Å². The molecule has 0 aromatic heterocycles. The molecule has 1 aromatic carbocycles. The topological polar surface area (TPSA) is 82.7 Å². The van der Waals surface area contributed by atoms with E-state index in [4.69, 9.17) is 4.74 Å². The van der Waals surface area contributed by atoms with Crippen molar-refractivity contribution in [2.24, 2.45) is 23.7 Å². The van der Waals surface area contributed by atoms with Gasteiger partial charge in [0.05, 0.1) is 0 Å². The van der Waals surface area contributed by atoms with Gasteiger partial charge in [-0.15, -0.1) is 0 Å². The summed E-state index contributed by atoms with van der Waals surface area (Å²) in [5, 5.41) is 9.86. The molecule has 5 rings (SSSR count). The molecule has 7 heteroatoms. The highest BCUT2D eigenvalue weighted by Gasteiger charge is 2.67. The number of ether oxygens (including phenoxy) is 1. The molecule has 3 saturated heterocycles. The highest BCUT2D eigenvalue weighted by atomic mass is 16.6. The summed E-state index contributed by atoms with van der Waals surface area (Å²) in [4.78, 5) is 28.3. The summed E-state index contributed by atoms with van der Waals surface area (Å²) in [6, 6.07) is 11.0. The van der Waals surface area contributed by atoms with E-state index >= 15 is 0 Å². The van der Waals surface area contributed by atoms with Crippen molar-refractivity contribution >= 4 is 12.0 Å². The van der Waals surface area contributed by atoms with Crippen molar-refractivity contribution in [1.29, 1.82) is 0 Å². The molecule has 4 aliphatic rings. The maximum absolute atomic E-state index is 13.9. The first kappa shape index (κ1) is 26.9. The SMILES string of the molecule is CC(C)CN1C[C@@H]2C[C@H]3CN[C@]2(C(=O)NCCCCNC(=O)OC(C)(C)C)[C@@H]1[C@@H]3Cc1ccccc1. The number of nitrogens with one attached hydrogen (secondary N) is 3. The van der Waals surface area contributed by atoms with Crippen LogP contribution in [0.1, 0.15) is 59.4 Å². The van der Waals surface area contributed by atoms with Crippen molar-refractivity contribution < 1.29 is 14.3 Å². The number of nitrogens with zero attached hydrogens (tertiary/aromatic N) is 1. The van der Waals surface area contributed by atoms with Gasteiger partial charge in [-0.25, -0.2) is 4.79 Å². The molecule has 3 heterocycles. The zero-order valence-electron chi connectivity index (χ0n) is 22.8. The highest BCUT2D eigenvalue weighted by molar-refractivity contribution is 5.89. The number of hydrogen-bond acceptors (Lipinski definition) is 5. The van der Waals surface area contributed by atoms with Gasteiger partial charge in [0.1, 0.15) is 11.1 Å². The van der Waals surface area contributed by atoms with Gasteiger partial charge in [-0.2, -0.15) is 0 Å². The number of amides is 2. The van der Waals surface area contributed by atoms with E-state index in [-0.39, 0.29) is 18.0 Å². The zero-order valence-corrected chi connectivity index (χ0v) is 22.8. The van der Waals surface area contributed by atoms with E-state index < -0.39 is 11.1 Å². The van der Waals surface area contributed by atoms with E-state index in [2.05, 4.69) is 65.0 Å². The third-order valence-corrected chi connectivity index (χ3v) is 8.06. The maximum Gasteiger partial charge on any atom is 0.407 e. The molecule has 0 spiro atoms. The van der Waals surface area contributed by atoms with Crippen molar-refractivity contribution in [3.05, 3.63) is 35.9 Å². The molecule has 1 saturated carbocycles. The molecule has 3 aliphatic heterocycles. The van der Waals surface area contributed by atoms with Crippen LogP contribution in [0.3, 0.4) is 0 Å². The molecule has 36 heavy (non-hydrogen) atoms. The van der Waals surface area contributed by atoms with Gasteiger partial charge in [-0.1, -0.05) is 44.2 Å². The van der Waals surface area contributed by atoms with Gasteiger partial charge < -0.3 is 20.7 Å². The smallest absolute Gasteiger partial charge is 0.407 e. The lowest BCUT2D eigenvalue weighted by Crippen LogP contribution is -2.76. The van der Waals surface area contributed by atoms with Crippen LogP contribution in [0.4, 0.5) is 4.79 Å². The van der Waals surface area contributed by atoms with Gasteiger partial charge in [-0.05, 0) is 76.3 Å². The molecule has 4 bridgehead atoms. The van der Waals surface area contributed by atoms with Crippen LogP contribution in [-0.4, -0.2) is 66.8 Å². The monoisotopic (exact) mass is 498 g/mol. The Balaban J connectivity index is 1.38. The Morgan fingerprint density at radius 2 is 1.83 bits per heavy atom. The number of likely N-dealkylation sites (tertiary alicyclic amines) is 1. The Bertz CT molecular complexity index is 900. The highest BCUT2D eigenvalue weighted by Crippen LogP contribution is 2.53. The summed E-state index contributed by atoms with van der Waals surface area (Å²) in [7, 11) is 0. The van der Waals surface area contributed by atoms with Crippen molar-refractivity contribution in [3.8, 4) is 0 Å². The zero-order chi connectivity index (χ0) is 25.9.